The molecule has 1 amide bonds. The maximum atomic E-state index is 12.4. The summed E-state index contributed by atoms with van der Waals surface area (Å²) in [6.07, 6.45) is -0.302. The molecule has 0 aliphatic carbocycles. The lowest BCUT2D eigenvalue weighted by molar-refractivity contribution is 0.00716. The van der Waals surface area contributed by atoms with Gasteiger partial charge in [-0.15, -0.1) is 0 Å². The van der Waals surface area contributed by atoms with Crippen LogP contribution in [-0.4, -0.2) is 54.3 Å². The van der Waals surface area contributed by atoms with Crippen molar-refractivity contribution in [3.05, 3.63) is 35.9 Å². The second kappa shape index (κ2) is 6.89. The van der Waals surface area contributed by atoms with Crippen molar-refractivity contribution in [2.24, 2.45) is 0 Å². The van der Waals surface area contributed by atoms with Crippen molar-refractivity contribution < 1.29 is 13.9 Å². The zero-order valence-electron chi connectivity index (χ0n) is 12.7. The van der Waals surface area contributed by atoms with Crippen molar-refractivity contribution in [1.82, 2.24) is 9.80 Å². The fourth-order valence-electron chi connectivity index (χ4n) is 2.70. The normalized spacial score (nSPS) is 18.5. The number of carbonyl (C=O) groups excluding carboxylic acids is 1. The van der Waals surface area contributed by atoms with E-state index in [0.717, 1.165) is 5.56 Å². The molecule has 1 aliphatic heterocycles. The highest BCUT2D eigenvalue weighted by molar-refractivity contribution is 5.69. The molecule has 1 aromatic carbocycles. The van der Waals surface area contributed by atoms with Crippen molar-refractivity contribution in [2.75, 3.05) is 32.9 Å². The Bertz CT molecular complexity index is 465. The van der Waals surface area contributed by atoms with Crippen LogP contribution in [0.15, 0.2) is 30.3 Å². The summed E-state index contributed by atoms with van der Waals surface area (Å²) in [5.74, 6) is 0. The second-order valence-corrected chi connectivity index (χ2v) is 5.97. The van der Waals surface area contributed by atoms with Gasteiger partial charge >= 0.3 is 6.09 Å². The van der Waals surface area contributed by atoms with Gasteiger partial charge in [0, 0.05) is 26.2 Å². The molecule has 1 aliphatic rings. The highest BCUT2D eigenvalue weighted by Gasteiger charge is 2.37. The number of rotatable bonds is 4. The van der Waals surface area contributed by atoms with Crippen LogP contribution < -0.4 is 0 Å². The average Bonchev–Trinajstić information content (AvgIpc) is 2.45. The Labute approximate surface area is 125 Å². The molecule has 2 rings (SSSR count). The van der Waals surface area contributed by atoms with Crippen molar-refractivity contribution in [3.63, 3.8) is 0 Å². The van der Waals surface area contributed by atoms with E-state index < -0.39 is 0 Å². The first-order chi connectivity index (χ1) is 10.0. The number of benzene rings is 1. The topological polar surface area (TPSA) is 32.8 Å². The Kier molecular flexibility index (Phi) is 5.17. The highest BCUT2D eigenvalue weighted by Crippen LogP contribution is 2.22. The van der Waals surface area contributed by atoms with E-state index in [9.17, 15) is 9.18 Å². The maximum absolute atomic E-state index is 12.4. The van der Waals surface area contributed by atoms with Crippen LogP contribution in [0.2, 0.25) is 0 Å². The zero-order valence-corrected chi connectivity index (χ0v) is 12.7. The van der Waals surface area contributed by atoms with E-state index in [1.807, 2.05) is 49.1 Å². The second-order valence-electron chi connectivity index (χ2n) is 5.97. The average molecular weight is 294 g/mol. The molecule has 0 saturated carbocycles. The summed E-state index contributed by atoms with van der Waals surface area (Å²) in [5.41, 5.74) is 0.626. The van der Waals surface area contributed by atoms with Gasteiger partial charge in [0.1, 0.15) is 13.3 Å². The zero-order chi connectivity index (χ0) is 15.3. The molecule has 0 spiro atoms. The van der Waals surface area contributed by atoms with Gasteiger partial charge in [-0.05, 0) is 19.4 Å². The fraction of sp³-hybridized carbons (Fsp3) is 0.562. The predicted octanol–water partition coefficient (Wildman–Crippen LogP) is 2.69. The van der Waals surface area contributed by atoms with Gasteiger partial charge < -0.3 is 9.64 Å². The predicted molar refractivity (Wildman–Crippen MR) is 79.8 cm³/mol. The Balaban J connectivity index is 1.90. The van der Waals surface area contributed by atoms with E-state index >= 15 is 0 Å². The molecule has 21 heavy (non-hydrogen) atoms. The van der Waals surface area contributed by atoms with E-state index in [4.69, 9.17) is 4.74 Å². The minimum atomic E-state index is -0.353. The number of alkyl halides is 1. The molecule has 0 N–H and O–H groups in total. The SMILES string of the molecule is CC1(C)CN(CCF)CCN1C(=O)OCc1ccccc1. The summed E-state index contributed by atoms with van der Waals surface area (Å²) in [7, 11) is 0. The van der Waals surface area contributed by atoms with E-state index in [2.05, 4.69) is 0 Å². The van der Waals surface area contributed by atoms with Crippen LogP contribution in [0.25, 0.3) is 0 Å². The van der Waals surface area contributed by atoms with Crippen LogP contribution >= 0.6 is 0 Å². The van der Waals surface area contributed by atoms with Gasteiger partial charge in [0.15, 0.2) is 0 Å². The maximum Gasteiger partial charge on any atom is 0.410 e. The molecule has 1 aromatic rings. The summed E-state index contributed by atoms with van der Waals surface area (Å²) >= 11 is 0. The summed E-state index contributed by atoms with van der Waals surface area (Å²) in [5, 5.41) is 0. The van der Waals surface area contributed by atoms with Crippen LogP contribution in [0.1, 0.15) is 19.4 Å². The Hall–Kier alpha value is -1.62. The van der Waals surface area contributed by atoms with E-state index in [-0.39, 0.29) is 24.9 Å². The molecule has 4 nitrogen and oxygen atoms in total. The molecule has 0 radical (unpaired) electrons. The van der Waals surface area contributed by atoms with E-state index in [1.165, 1.54) is 0 Å². The summed E-state index contributed by atoms with van der Waals surface area (Å²) in [4.78, 5) is 16.0. The third-order valence-electron chi connectivity index (χ3n) is 3.81. The van der Waals surface area contributed by atoms with Gasteiger partial charge in [-0.2, -0.15) is 0 Å². The van der Waals surface area contributed by atoms with Crippen LogP contribution in [0.3, 0.4) is 0 Å². The number of amides is 1. The molecule has 1 fully saturated rings. The van der Waals surface area contributed by atoms with Gasteiger partial charge in [0.05, 0.1) is 5.54 Å². The van der Waals surface area contributed by atoms with Crippen molar-refractivity contribution >= 4 is 6.09 Å². The van der Waals surface area contributed by atoms with Crippen molar-refractivity contribution in [1.29, 1.82) is 0 Å². The number of nitrogens with zero attached hydrogens (tertiary/aromatic N) is 2. The molecule has 116 valence electrons. The molecule has 5 heteroatoms. The van der Waals surface area contributed by atoms with Crippen molar-refractivity contribution in [3.8, 4) is 0 Å². The molecule has 1 heterocycles. The molecule has 0 bridgehead atoms. The number of piperazine rings is 1. The lowest BCUT2D eigenvalue weighted by Crippen LogP contribution is -2.61. The van der Waals surface area contributed by atoms with Gasteiger partial charge in [0.2, 0.25) is 0 Å². The lowest BCUT2D eigenvalue weighted by Gasteiger charge is -2.46. The number of halogens is 1. The largest absolute Gasteiger partial charge is 0.445 e. The molecule has 0 unspecified atom stereocenters. The fourth-order valence-corrected chi connectivity index (χ4v) is 2.70. The van der Waals surface area contributed by atoms with Gasteiger partial charge in [-0.3, -0.25) is 4.90 Å². The minimum Gasteiger partial charge on any atom is -0.445 e. The van der Waals surface area contributed by atoms with Gasteiger partial charge in [-0.1, -0.05) is 30.3 Å². The third-order valence-corrected chi connectivity index (χ3v) is 3.81. The van der Waals surface area contributed by atoms with Gasteiger partial charge in [-0.25, -0.2) is 9.18 Å². The number of carbonyl (C=O) groups is 1. The number of hydrogen-bond acceptors (Lipinski definition) is 3. The highest BCUT2D eigenvalue weighted by atomic mass is 19.1. The van der Waals surface area contributed by atoms with Crippen LogP contribution in [0.5, 0.6) is 0 Å². The Morgan fingerprint density at radius 1 is 1.29 bits per heavy atom. The number of ether oxygens (including phenoxy) is 1. The quantitative estimate of drug-likeness (QED) is 0.856. The summed E-state index contributed by atoms with van der Waals surface area (Å²) < 4.78 is 17.8. The molecule has 0 atom stereocenters. The summed E-state index contributed by atoms with van der Waals surface area (Å²) in [6, 6.07) is 9.62. The molecular formula is C16H23FN2O2. The first-order valence-electron chi connectivity index (χ1n) is 7.29. The number of hydrogen-bond donors (Lipinski definition) is 0. The van der Waals surface area contributed by atoms with E-state index in [0.29, 0.717) is 26.2 Å². The lowest BCUT2D eigenvalue weighted by atomic mass is 9.99. The Morgan fingerprint density at radius 2 is 2.00 bits per heavy atom. The van der Waals surface area contributed by atoms with E-state index in [1.54, 1.807) is 4.90 Å². The van der Waals surface area contributed by atoms with Crippen LogP contribution in [0.4, 0.5) is 9.18 Å². The first-order valence-corrected chi connectivity index (χ1v) is 7.29. The molecular weight excluding hydrogens is 271 g/mol. The first kappa shape index (κ1) is 15.8. The van der Waals surface area contributed by atoms with Gasteiger partial charge in [0.25, 0.3) is 0 Å². The smallest absolute Gasteiger partial charge is 0.410 e. The molecule has 0 aromatic heterocycles. The molecule has 1 saturated heterocycles. The standard InChI is InChI=1S/C16H23FN2O2/c1-16(2)13-18(9-8-17)10-11-19(16)15(20)21-12-14-6-4-3-5-7-14/h3-7H,8-13H2,1-2H3. The van der Waals surface area contributed by atoms with Crippen LogP contribution in [0, 0.1) is 0 Å². The third kappa shape index (κ3) is 4.17. The summed E-state index contributed by atoms with van der Waals surface area (Å²) in [6.45, 7) is 6.25. The van der Waals surface area contributed by atoms with Crippen molar-refractivity contribution in [2.45, 2.75) is 26.0 Å². The monoisotopic (exact) mass is 294 g/mol. The Morgan fingerprint density at radius 3 is 2.62 bits per heavy atom. The van der Waals surface area contributed by atoms with Crippen LogP contribution in [-0.2, 0) is 11.3 Å². The minimum absolute atomic E-state index is 0.278.